The molecular weight excluding hydrogens is 299 g/mol. The van der Waals surface area contributed by atoms with Crippen LogP contribution in [-0.4, -0.2) is 16.8 Å². The van der Waals surface area contributed by atoms with Gasteiger partial charge in [0, 0.05) is 0 Å². The molecule has 2 aromatic carbocycles. The van der Waals surface area contributed by atoms with Gasteiger partial charge in [0.2, 0.25) is 0 Å². The number of hydrazine groups is 1. The van der Waals surface area contributed by atoms with Crippen molar-refractivity contribution in [2.24, 2.45) is 5.84 Å². The number of carbonyl (C=O) groups excluding carboxylic acids is 2. The van der Waals surface area contributed by atoms with Gasteiger partial charge in [-0.3, -0.25) is 9.59 Å². The van der Waals surface area contributed by atoms with Crippen molar-refractivity contribution in [3.63, 3.8) is 0 Å². The van der Waals surface area contributed by atoms with Crippen LogP contribution in [0.25, 0.3) is 0 Å². The first-order valence-electron chi connectivity index (χ1n) is 5.65. The summed E-state index contributed by atoms with van der Waals surface area (Å²) < 4.78 is 0. The molecule has 2 N–H and O–H groups in total. The zero-order chi connectivity index (χ0) is 14.7. The van der Waals surface area contributed by atoms with Crippen LogP contribution in [0.4, 0.5) is 0 Å². The Labute approximate surface area is 125 Å². The highest BCUT2D eigenvalue weighted by Crippen LogP contribution is 2.19. The highest BCUT2D eigenvalue weighted by Gasteiger charge is 2.23. The zero-order valence-corrected chi connectivity index (χ0v) is 11.7. The van der Waals surface area contributed by atoms with Gasteiger partial charge in [-0.2, -0.15) is 0 Å². The normalized spacial score (nSPS) is 10.2. The molecule has 0 spiro atoms. The Morgan fingerprint density at radius 1 is 0.800 bits per heavy atom. The maximum Gasteiger partial charge on any atom is 0.276 e. The van der Waals surface area contributed by atoms with Crippen LogP contribution in [0, 0.1) is 0 Å². The minimum Gasteiger partial charge on any atom is -0.267 e. The average molecular weight is 309 g/mol. The number of nitrogens with two attached hydrogens (primary N) is 1. The summed E-state index contributed by atoms with van der Waals surface area (Å²) in [6.07, 6.45) is 0. The number of nitrogens with zero attached hydrogens (tertiary/aromatic N) is 1. The van der Waals surface area contributed by atoms with E-state index in [1.54, 1.807) is 36.4 Å². The molecule has 0 radical (unpaired) electrons. The summed E-state index contributed by atoms with van der Waals surface area (Å²) in [6.45, 7) is 0. The summed E-state index contributed by atoms with van der Waals surface area (Å²) in [6, 6.07) is 12.7. The minimum absolute atomic E-state index is 0.150. The Kier molecular flexibility index (Phi) is 4.39. The highest BCUT2D eigenvalue weighted by molar-refractivity contribution is 6.35. The number of benzene rings is 2. The molecule has 20 heavy (non-hydrogen) atoms. The molecule has 0 aromatic heterocycles. The number of imide groups is 1. The van der Waals surface area contributed by atoms with Crippen LogP contribution < -0.4 is 5.84 Å². The molecule has 0 aliphatic rings. The predicted octanol–water partition coefficient (Wildman–Crippen LogP) is 3.15. The van der Waals surface area contributed by atoms with Crippen LogP contribution in [0.3, 0.4) is 0 Å². The summed E-state index contributed by atoms with van der Waals surface area (Å²) in [5, 5.41) is 0.947. The molecule has 0 saturated carbocycles. The van der Waals surface area contributed by atoms with E-state index < -0.39 is 11.8 Å². The van der Waals surface area contributed by atoms with E-state index in [0.717, 1.165) is 0 Å². The Morgan fingerprint density at radius 3 is 1.50 bits per heavy atom. The lowest BCUT2D eigenvalue weighted by Crippen LogP contribution is -2.42. The van der Waals surface area contributed by atoms with Crippen LogP contribution in [0.5, 0.6) is 0 Å². The fourth-order valence-electron chi connectivity index (χ4n) is 1.62. The number of hydrogen-bond donors (Lipinski definition) is 1. The molecule has 0 aliphatic carbocycles. The van der Waals surface area contributed by atoms with Crippen molar-refractivity contribution in [2.75, 3.05) is 0 Å². The quantitative estimate of drug-likeness (QED) is 0.401. The van der Waals surface area contributed by atoms with Crippen LogP contribution in [-0.2, 0) is 0 Å². The van der Waals surface area contributed by atoms with Gasteiger partial charge in [-0.1, -0.05) is 47.5 Å². The monoisotopic (exact) mass is 308 g/mol. The van der Waals surface area contributed by atoms with Crippen molar-refractivity contribution in [1.82, 2.24) is 5.01 Å². The molecule has 2 rings (SSSR count). The average Bonchev–Trinajstić information content (AvgIpc) is 2.46. The molecule has 0 unspecified atom stereocenters. The van der Waals surface area contributed by atoms with Gasteiger partial charge in [-0.05, 0) is 24.3 Å². The van der Waals surface area contributed by atoms with E-state index in [4.69, 9.17) is 29.0 Å². The molecule has 0 heterocycles. The zero-order valence-electron chi connectivity index (χ0n) is 10.2. The lowest BCUT2D eigenvalue weighted by atomic mass is 10.1. The molecule has 2 aromatic rings. The first kappa shape index (κ1) is 14.5. The molecule has 102 valence electrons. The standard InChI is InChI=1S/C14H10Cl2N2O2/c15-11-7-3-1-5-9(11)13(19)18(17)14(20)10-6-2-4-8-12(10)16/h1-8H,17H2. The third-order valence-electron chi connectivity index (χ3n) is 2.65. The van der Waals surface area contributed by atoms with Gasteiger partial charge in [-0.25, -0.2) is 10.9 Å². The lowest BCUT2D eigenvalue weighted by Gasteiger charge is -2.16. The molecule has 0 saturated heterocycles. The van der Waals surface area contributed by atoms with Gasteiger partial charge >= 0.3 is 0 Å². The van der Waals surface area contributed by atoms with E-state index in [0.29, 0.717) is 5.01 Å². The second kappa shape index (κ2) is 6.05. The lowest BCUT2D eigenvalue weighted by molar-refractivity contribution is 0.0616. The van der Waals surface area contributed by atoms with E-state index >= 15 is 0 Å². The SMILES string of the molecule is NN(C(=O)c1ccccc1Cl)C(=O)c1ccccc1Cl. The van der Waals surface area contributed by atoms with Crippen molar-refractivity contribution < 1.29 is 9.59 Å². The van der Waals surface area contributed by atoms with E-state index in [1.807, 2.05) is 0 Å². The van der Waals surface area contributed by atoms with E-state index in [2.05, 4.69) is 0 Å². The van der Waals surface area contributed by atoms with Crippen LogP contribution in [0.2, 0.25) is 10.0 Å². The van der Waals surface area contributed by atoms with E-state index in [-0.39, 0.29) is 21.2 Å². The molecule has 4 nitrogen and oxygen atoms in total. The third-order valence-corrected chi connectivity index (χ3v) is 3.31. The second-order valence-electron chi connectivity index (χ2n) is 3.94. The van der Waals surface area contributed by atoms with Gasteiger partial charge in [-0.15, -0.1) is 0 Å². The molecular formula is C14H10Cl2N2O2. The Morgan fingerprint density at radius 2 is 1.15 bits per heavy atom. The summed E-state index contributed by atoms with van der Waals surface area (Å²) in [5.74, 6) is 4.19. The van der Waals surface area contributed by atoms with Crippen LogP contribution >= 0.6 is 23.2 Å². The van der Waals surface area contributed by atoms with Gasteiger partial charge < -0.3 is 0 Å². The molecule has 0 bridgehead atoms. The van der Waals surface area contributed by atoms with E-state index in [9.17, 15) is 9.59 Å². The Hall–Kier alpha value is -1.88. The van der Waals surface area contributed by atoms with Crippen molar-refractivity contribution >= 4 is 35.0 Å². The van der Waals surface area contributed by atoms with E-state index in [1.165, 1.54) is 12.1 Å². The van der Waals surface area contributed by atoms with Gasteiger partial charge in [0.1, 0.15) is 0 Å². The van der Waals surface area contributed by atoms with Gasteiger partial charge in [0.15, 0.2) is 0 Å². The summed E-state index contributed by atoms with van der Waals surface area (Å²) in [5.41, 5.74) is 0.300. The maximum atomic E-state index is 12.1. The van der Waals surface area contributed by atoms with Crippen molar-refractivity contribution in [2.45, 2.75) is 0 Å². The molecule has 0 atom stereocenters. The number of hydrogen-bond acceptors (Lipinski definition) is 3. The first-order chi connectivity index (χ1) is 9.52. The Balaban J connectivity index is 2.30. The first-order valence-corrected chi connectivity index (χ1v) is 6.40. The van der Waals surface area contributed by atoms with Gasteiger partial charge in [0.25, 0.3) is 11.8 Å². The highest BCUT2D eigenvalue weighted by atomic mass is 35.5. The van der Waals surface area contributed by atoms with Crippen molar-refractivity contribution in [3.8, 4) is 0 Å². The summed E-state index contributed by atoms with van der Waals surface area (Å²) >= 11 is 11.8. The maximum absolute atomic E-state index is 12.1. The van der Waals surface area contributed by atoms with Crippen molar-refractivity contribution in [3.05, 3.63) is 69.7 Å². The van der Waals surface area contributed by atoms with Crippen LogP contribution in [0.15, 0.2) is 48.5 Å². The summed E-state index contributed by atoms with van der Waals surface area (Å²) in [7, 11) is 0. The topological polar surface area (TPSA) is 63.4 Å². The number of amides is 2. The minimum atomic E-state index is -0.694. The number of halogens is 2. The fourth-order valence-corrected chi connectivity index (χ4v) is 2.05. The fraction of sp³-hybridized carbons (Fsp3) is 0. The number of carbonyl (C=O) groups is 2. The molecule has 6 heteroatoms. The summed E-state index contributed by atoms with van der Waals surface area (Å²) in [4.78, 5) is 24.3. The third kappa shape index (κ3) is 2.82. The predicted molar refractivity (Wildman–Crippen MR) is 77.6 cm³/mol. The molecule has 0 fully saturated rings. The largest absolute Gasteiger partial charge is 0.276 e. The molecule has 0 aliphatic heterocycles. The smallest absolute Gasteiger partial charge is 0.267 e. The van der Waals surface area contributed by atoms with Gasteiger partial charge in [0.05, 0.1) is 21.2 Å². The molecule has 2 amide bonds. The number of rotatable bonds is 2. The second-order valence-corrected chi connectivity index (χ2v) is 4.75. The van der Waals surface area contributed by atoms with Crippen LogP contribution in [0.1, 0.15) is 20.7 Å². The Bertz CT molecular complexity index is 616. The van der Waals surface area contributed by atoms with Crippen molar-refractivity contribution in [1.29, 1.82) is 0 Å².